The number of benzene rings is 1. The van der Waals surface area contributed by atoms with Gasteiger partial charge in [0.05, 0.1) is 6.10 Å². The van der Waals surface area contributed by atoms with Gasteiger partial charge in [-0.1, -0.05) is 13.8 Å². The van der Waals surface area contributed by atoms with Crippen molar-refractivity contribution in [1.29, 1.82) is 0 Å². The van der Waals surface area contributed by atoms with Crippen molar-refractivity contribution in [2.75, 3.05) is 31.1 Å². The Labute approximate surface area is 123 Å². The van der Waals surface area contributed by atoms with E-state index in [9.17, 15) is 0 Å². The van der Waals surface area contributed by atoms with E-state index < -0.39 is 0 Å². The maximum absolute atomic E-state index is 6.03. The summed E-state index contributed by atoms with van der Waals surface area (Å²) < 4.78 is 6.03. The summed E-state index contributed by atoms with van der Waals surface area (Å²) in [5.41, 5.74) is 2.67. The molecular formula is C17H28N2O. The van der Waals surface area contributed by atoms with Gasteiger partial charge in [0.2, 0.25) is 0 Å². The molecule has 1 fully saturated rings. The number of hydrogen-bond donors (Lipinski definition) is 1. The Bertz CT molecular complexity index is 407. The van der Waals surface area contributed by atoms with Crippen LogP contribution in [0.4, 0.5) is 5.69 Å². The standard InChI is InChI=1S/C17H28N2O/c1-4-15(5-2)20-16-7-8-17(14(3)13-16)19-11-6-9-18-10-12-19/h7-8,13,15,18H,4-6,9-12H2,1-3H3. The maximum atomic E-state index is 6.03. The molecule has 112 valence electrons. The molecule has 1 heterocycles. The van der Waals surface area contributed by atoms with Crippen LogP contribution in [0.1, 0.15) is 38.7 Å². The lowest BCUT2D eigenvalue weighted by Gasteiger charge is -2.25. The lowest BCUT2D eigenvalue weighted by atomic mass is 10.1. The van der Waals surface area contributed by atoms with Gasteiger partial charge in [-0.15, -0.1) is 0 Å². The summed E-state index contributed by atoms with van der Waals surface area (Å²) in [5.74, 6) is 1.01. The van der Waals surface area contributed by atoms with Gasteiger partial charge in [-0.3, -0.25) is 0 Å². The molecule has 0 spiro atoms. The zero-order valence-corrected chi connectivity index (χ0v) is 13.1. The predicted octanol–water partition coefficient (Wildman–Crippen LogP) is 3.36. The summed E-state index contributed by atoms with van der Waals surface area (Å²) in [6, 6.07) is 6.53. The van der Waals surface area contributed by atoms with Gasteiger partial charge < -0.3 is 15.0 Å². The number of ether oxygens (including phenoxy) is 1. The van der Waals surface area contributed by atoms with Crippen LogP contribution in [-0.4, -0.2) is 32.3 Å². The van der Waals surface area contributed by atoms with Crippen LogP contribution in [0, 0.1) is 6.92 Å². The van der Waals surface area contributed by atoms with E-state index >= 15 is 0 Å². The summed E-state index contributed by atoms with van der Waals surface area (Å²) in [4.78, 5) is 2.48. The molecule has 0 aliphatic carbocycles. The van der Waals surface area contributed by atoms with Gasteiger partial charge >= 0.3 is 0 Å². The zero-order valence-electron chi connectivity index (χ0n) is 13.1. The van der Waals surface area contributed by atoms with Crippen LogP contribution in [0.25, 0.3) is 0 Å². The second-order valence-corrected chi connectivity index (χ2v) is 5.60. The molecule has 0 aromatic heterocycles. The Morgan fingerprint density at radius 2 is 2.00 bits per heavy atom. The SMILES string of the molecule is CCC(CC)Oc1ccc(N2CCCNCC2)c(C)c1. The molecule has 0 bridgehead atoms. The van der Waals surface area contributed by atoms with Gasteiger partial charge in [0, 0.05) is 25.3 Å². The van der Waals surface area contributed by atoms with E-state index in [0.29, 0.717) is 6.10 Å². The predicted molar refractivity (Wildman–Crippen MR) is 85.9 cm³/mol. The molecule has 20 heavy (non-hydrogen) atoms. The van der Waals surface area contributed by atoms with E-state index in [4.69, 9.17) is 4.74 Å². The quantitative estimate of drug-likeness (QED) is 0.892. The Morgan fingerprint density at radius 3 is 2.70 bits per heavy atom. The molecule has 0 saturated carbocycles. The highest BCUT2D eigenvalue weighted by molar-refractivity contribution is 5.56. The van der Waals surface area contributed by atoms with Gasteiger partial charge in [0.15, 0.2) is 0 Å². The highest BCUT2D eigenvalue weighted by Gasteiger charge is 2.13. The molecular weight excluding hydrogens is 248 g/mol. The summed E-state index contributed by atoms with van der Waals surface area (Å²) in [6.45, 7) is 11.0. The van der Waals surface area contributed by atoms with E-state index in [1.165, 1.54) is 17.7 Å². The molecule has 1 aromatic rings. The lowest BCUT2D eigenvalue weighted by molar-refractivity contribution is 0.193. The van der Waals surface area contributed by atoms with Crippen molar-refractivity contribution in [2.45, 2.75) is 46.1 Å². The largest absolute Gasteiger partial charge is 0.490 e. The van der Waals surface area contributed by atoms with Gasteiger partial charge in [0.25, 0.3) is 0 Å². The van der Waals surface area contributed by atoms with Crippen molar-refractivity contribution in [3.05, 3.63) is 23.8 Å². The van der Waals surface area contributed by atoms with E-state index in [1.807, 2.05) is 0 Å². The van der Waals surface area contributed by atoms with Crippen molar-refractivity contribution in [3.8, 4) is 5.75 Å². The number of nitrogens with one attached hydrogen (secondary N) is 1. The first-order chi connectivity index (χ1) is 9.74. The fraction of sp³-hybridized carbons (Fsp3) is 0.647. The van der Waals surface area contributed by atoms with Crippen LogP contribution >= 0.6 is 0 Å². The van der Waals surface area contributed by atoms with Crippen LogP contribution in [-0.2, 0) is 0 Å². The summed E-state index contributed by atoms with van der Waals surface area (Å²) in [6.07, 6.45) is 3.68. The second kappa shape index (κ2) is 7.53. The number of hydrogen-bond acceptors (Lipinski definition) is 3. The van der Waals surface area contributed by atoms with Crippen molar-refractivity contribution in [2.24, 2.45) is 0 Å². The monoisotopic (exact) mass is 276 g/mol. The molecule has 0 atom stereocenters. The van der Waals surface area contributed by atoms with Gasteiger partial charge in [-0.05, 0) is 56.5 Å². The highest BCUT2D eigenvalue weighted by atomic mass is 16.5. The minimum Gasteiger partial charge on any atom is -0.490 e. The Balaban J connectivity index is 2.08. The van der Waals surface area contributed by atoms with Crippen LogP contribution in [0.2, 0.25) is 0 Å². The number of nitrogens with zero attached hydrogens (tertiary/aromatic N) is 1. The minimum absolute atomic E-state index is 0.336. The first-order valence-corrected chi connectivity index (χ1v) is 7.97. The smallest absolute Gasteiger partial charge is 0.120 e. The third kappa shape index (κ3) is 3.89. The van der Waals surface area contributed by atoms with E-state index in [2.05, 4.69) is 49.2 Å². The molecule has 1 aliphatic heterocycles. The first-order valence-electron chi connectivity index (χ1n) is 7.97. The third-order valence-corrected chi connectivity index (χ3v) is 4.06. The third-order valence-electron chi connectivity index (χ3n) is 4.06. The molecule has 1 N–H and O–H groups in total. The van der Waals surface area contributed by atoms with Crippen LogP contribution in [0.3, 0.4) is 0 Å². The van der Waals surface area contributed by atoms with Gasteiger partial charge in [-0.2, -0.15) is 0 Å². The average molecular weight is 276 g/mol. The van der Waals surface area contributed by atoms with Crippen LogP contribution in [0.15, 0.2) is 18.2 Å². The van der Waals surface area contributed by atoms with E-state index in [-0.39, 0.29) is 0 Å². The fourth-order valence-electron chi connectivity index (χ4n) is 2.79. The zero-order chi connectivity index (χ0) is 14.4. The van der Waals surface area contributed by atoms with Crippen LogP contribution in [0.5, 0.6) is 5.75 Å². The molecule has 0 amide bonds. The summed E-state index contributed by atoms with van der Waals surface area (Å²) >= 11 is 0. The van der Waals surface area contributed by atoms with E-state index in [0.717, 1.165) is 44.8 Å². The number of aryl methyl sites for hydroxylation is 1. The van der Waals surface area contributed by atoms with Crippen molar-refractivity contribution in [1.82, 2.24) is 5.32 Å². The molecule has 0 radical (unpaired) electrons. The second-order valence-electron chi connectivity index (χ2n) is 5.60. The van der Waals surface area contributed by atoms with Crippen molar-refractivity contribution < 1.29 is 4.74 Å². The van der Waals surface area contributed by atoms with E-state index in [1.54, 1.807) is 0 Å². The maximum Gasteiger partial charge on any atom is 0.120 e. The number of rotatable bonds is 5. The van der Waals surface area contributed by atoms with Crippen molar-refractivity contribution >= 4 is 5.69 Å². The van der Waals surface area contributed by atoms with Crippen molar-refractivity contribution in [3.63, 3.8) is 0 Å². The molecule has 2 rings (SSSR count). The first kappa shape index (κ1) is 15.2. The summed E-state index contributed by atoms with van der Waals surface area (Å²) in [7, 11) is 0. The molecule has 1 aromatic carbocycles. The normalized spacial score (nSPS) is 16.3. The molecule has 3 nitrogen and oxygen atoms in total. The van der Waals surface area contributed by atoms with Gasteiger partial charge in [-0.25, -0.2) is 0 Å². The molecule has 1 aliphatic rings. The highest BCUT2D eigenvalue weighted by Crippen LogP contribution is 2.26. The Morgan fingerprint density at radius 1 is 1.20 bits per heavy atom. The molecule has 3 heteroatoms. The Kier molecular flexibility index (Phi) is 5.72. The average Bonchev–Trinajstić information content (AvgIpc) is 2.74. The minimum atomic E-state index is 0.336. The molecule has 1 saturated heterocycles. The number of anilines is 1. The lowest BCUT2D eigenvalue weighted by Crippen LogP contribution is -2.28. The fourth-order valence-corrected chi connectivity index (χ4v) is 2.79. The molecule has 0 unspecified atom stereocenters. The summed E-state index contributed by atoms with van der Waals surface area (Å²) in [5, 5.41) is 3.45. The van der Waals surface area contributed by atoms with Crippen LogP contribution < -0.4 is 15.0 Å². The van der Waals surface area contributed by atoms with Gasteiger partial charge in [0.1, 0.15) is 5.75 Å². The topological polar surface area (TPSA) is 24.5 Å². The Hall–Kier alpha value is -1.22.